The van der Waals surface area contributed by atoms with Crippen LogP contribution in [-0.4, -0.2) is 46.4 Å². The molecular formula is C21H22N4O3S. The summed E-state index contributed by atoms with van der Waals surface area (Å²) < 4.78 is 5.57. The molecule has 1 unspecified atom stereocenters. The minimum atomic E-state index is -0.949. The third kappa shape index (κ3) is 3.99. The monoisotopic (exact) mass is 410 g/mol. The van der Waals surface area contributed by atoms with Gasteiger partial charge in [0.15, 0.2) is 11.2 Å². The van der Waals surface area contributed by atoms with E-state index in [0.29, 0.717) is 17.2 Å². The van der Waals surface area contributed by atoms with Crippen LogP contribution in [-0.2, 0) is 22.5 Å². The summed E-state index contributed by atoms with van der Waals surface area (Å²) >= 11 is 1.33. The van der Waals surface area contributed by atoms with Crippen LogP contribution < -0.4 is 5.32 Å². The molecule has 0 aliphatic carbocycles. The van der Waals surface area contributed by atoms with E-state index in [0.717, 1.165) is 40.8 Å². The first-order chi connectivity index (χ1) is 13.9. The largest absolute Gasteiger partial charge is 0.449 e. The molecule has 0 fully saturated rings. The third-order valence-corrected chi connectivity index (χ3v) is 5.82. The van der Waals surface area contributed by atoms with E-state index in [2.05, 4.69) is 15.2 Å². The van der Waals surface area contributed by atoms with Crippen LogP contribution in [0.4, 0.5) is 5.13 Å². The fraction of sp³-hybridized carbons (Fsp3) is 0.333. The SMILES string of the molecule is Cc1csc(NC(=O)C(C)OC(=O)c2c3c(nc4ccccc24)CCN(C)C3)n1. The van der Waals surface area contributed by atoms with E-state index in [-0.39, 0.29) is 0 Å². The van der Waals surface area contributed by atoms with Gasteiger partial charge in [-0.3, -0.25) is 15.1 Å². The molecule has 4 rings (SSSR count). The molecule has 0 radical (unpaired) electrons. The number of benzene rings is 1. The van der Waals surface area contributed by atoms with Crippen LogP contribution in [0.25, 0.3) is 10.9 Å². The third-order valence-electron chi connectivity index (χ3n) is 4.94. The maximum Gasteiger partial charge on any atom is 0.339 e. The van der Waals surface area contributed by atoms with Gasteiger partial charge in [-0.25, -0.2) is 9.78 Å². The van der Waals surface area contributed by atoms with E-state index in [1.807, 2.05) is 43.6 Å². The lowest BCUT2D eigenvalue weighted by Gasteiger charge is -2.27. The fourth-order valence-corrected chi connectivity index (χ4v) is 4.14. The number of likely N-dealkylation sites (N-methyl/N-ethyl adjacent to an activating group) is 1. The van der Waals surface area contributed by atoms with E-state index in [4.69, 9.17) is 9.72 Å². The number of carbonyl (C=O) groups excluding carboxylic acids is 2. The molecule has 1 aliphatic rings. The predicted molar refractivity (Wildman–Crippen MR) is 112 cm³/mol. The molecule has 1 aliphatic heterocycles. The van der Waals surface area contributed by atoms with Crippen molar-refractivity contribution in [2.24, 2.45) is 0 Å². The van der Waals surface area contributed by atoms with Crippen molar-refractivity contribution in [1.82, 2.24) is 14.9 Å². The number of aromatic nitrogens is 2. The van der Waals surface area contributed by atoms with Crippen molar-refractivity contribution >= 4 is 39.2 Å². The van der Waals surface area contributed by atoms with Crippen molar-refractivity contribution in [2.75, 3.05) is 18.9 Å². The van der Waals surface area contributed by atoms with Gasteiger partial charge in [-0.2, -0.15) is 0 Å². The fourth-order valence-electron chi connectivity index (χ4n) is 3.45. The smallest absolute Gasteiger partial charge is 0.339 e. The van der Waals surface area contributed by atoms with Crippen molar-refractivity contribution < 1.29 is 14.3 Å². The molecule has 1 atom stereocenters. The Kier molecular flexibility index (Phi) is 5.29. The minimum absolute atomic E-state index is 0.406. The molecule has 1 amide bonds. The molecule has 0 spiro atoms. The van der Waals surface area contributed by atoms with Crippen molar-refractivity contribution in [3.05, 3.63) is 52.2 Å². The molecule has 2 aromatic heterocycles. The lowest BCUT2D eigenvalue weighted by molar-refractivity contribution is -0.123. The number of hydrogen-bond acceptors (Lipinski definition) is 7. The highest BCUT2D eigenvalue weighted by molar-refractivity contribution is 7.13. The van der Waals surface area contributed by atoms with Gasteiger partial charge in [-0.15, -0.1) is 11.3 Å². The standard InChI is InChI=1S/C21H22N4O3S/c1-12-11-29-21(22-12)24-19(26)13(2)28-20(27)18-14-6-4-5-7-16(14)23-17-8-9-25(3)10-15(17)18/h4-7,11,13H,8-10H2,1-3H3,(H,22,24,26). The lowest BCUT2D eigenvalue weighted by atomic mass is 9.96. The number of ether oxygens (including phenoxy) is 1. The summed E-state index contributed by atoms with van der Waals surface area (Å²) in [4.78, 5) is 36.7. The molecule has 3 heterocycles. The Morgan fingerprint density at radius 3 is 2.83 bits per heavy atom. The van der Waals surface area contributed by atoms with E-state index in [9.17, 15) is 9.59 Å². The first-order valence-electron chi connectivity index (χ1n) is 9.45. The summed E-state index contributed by atoms with van der Waals surface area (Å²) in [6.45, 7) is 4.93. The number of carbonyl (C=O) groups is 2. The van der Waals surface area contributed by atoms with E-state index >= 15 is 0 Å². The van der Waals surface area contributed by atoms with Crippen molar-refractivity contribution in [1.29, 1.82) is 0 Å². The second-order valence-corrected chi connectivity index (χ2v) is 8.11. The molecule has 0 saturated carbocycles. The number of nitrogens with zero attached hydrogens (tertiary/aromatic N) is 3. The van der Waals surface area contributed by atoms with Crippen LogP contribution in [0.1, 0.15) is 34.2 Å². The van der Waals surface area contributed by atoms with Gasteiger partial charge < -0.3 is 9.64 Å². The van der Waals surface area contributed by atoms with Crippen LogP contribution in [0.2, 0.25) is 0 Å². The van der Waals surface area contributed by atoms with Gasteiger partial charge >= 0.3 is 5.97 Å². The number of thiazole rings is 1. The van der Waals surface area contributed by atoms with Crippen LogP contribution in [0.5, 0.6) is 0 Å². The molecule has 29 heavy (non-hydrogen) atoms. The van der Waals surface area contributed by atoms with Gasteiger partial charge in [0.1, 0.15) is 0 Å². The van der Waals surface area contributed by atoms with Crippen molar-refractivity contribution in [2.45, 2.75) is 32.9 Å². The van der Waals surface area contributed by atoms with E-state index in [1.54, 1.807) is 6.92 Å². The first kappa shape index (κ1) is 19.5. The van der Waals surface area contributed by atoms with Gasteiger partial charge in [0.25, 0.3) is 5.91 Å². The van der Waals surface area contributed by atoms with Crippen molar-refractivity contribution in [3.63, 3.8) is 0 Å². The number of pyridine rings is 1. The Hall–Kier alpha value is -2.84. The predicted octanol–water partition coefficient (Wildman–Crippen LogP) is 3.17. The second-order valence-electron chi connectivity index (χ2n) is 7.25. The number of amides is 1. The average Bonchev–Trinajstić information content (AvgIpc) is 3.10. The molecule has 7 nitrogen and oxygen atoms in total. The maximum absolute atomic E-state index is 13.1. The highest BCUT2D eigenvalue weighted by atomic mass is 32.1. The molecule has 0 saturated heterocycles. The highest BCUT2D eigenvalue weighted by Gasteiger charge is 2.28. The Labute approximate surface area is 172 Å². The highest BCUT2D eigenvalue weighted by Crippen LogP contribution is 2.28. The number of rotatable bonds is 4. The Balaban J connectivity index is 1.62. The van der Waals surface area contributed by atoms with E-state index < -0.39 is 18.0 Å². The molecule has 0 bridgehead atoms. The first-order valence-corrected chi connectivity index (χ1v) is 10.3. The summed E-state index contributed by atoms with van der Waals surface area (Å²) in [5.41, 5.74) is 3.89. The zero-order valence-corrected chi connectivity index (χ0v) is 17.4. The number of esters is 1. The lowest BCUT2D eigenvalue weighted by Crippen LogP contribution is -2.32. The Bertz CT molecular complexity index is 1090. The number of nitrogens with one attached hydrogen (secondary N) is 1. The number of aryl methyl sites for hydroxylation is 1. The normalized spacial score (nSPS) is 15.0. The number of anilines is 1. The minimum Gasteiger partial charge on any atom is -0.449 e. The van der Waals surface area contributed by atoms with Gasteiger partial charge in [-0.1, -0.05) is 18.2 Å². The van der Waals surface area contributed by atoms with Gasteiger partial charge in [-0.05, 0) is 27.0 Å². The number of para-hydroxylation sites is 1. The van der Waals surface area contributed by atoms with Gasteiger partial charge in [0, 0.05) is 41.5 Å². The average molecular weight is 410 g/mol. The summed E-state index contributed by atoms with van der Waals surface area (Å²) in [6.07, 6.45) is -0.174. The quantitative estimate of drug-likeness (QED) is 0.665. The molecule has 150 valence electrons. The van der Waals surface area contributed by atoms with Crippen LogP contribution >= 0.6 is 11.3 Å². The summed E-state index contributed by atoms with van der Waals surface area (Å²) in [5, 5.41) is 5.78. The van der Waals surface area contributed by atoms with Crippen LogP contribution in [0.3, 0.4) is 0 Å². The second kappa shape index (κ2) is 7.88. The van der Waals surface area contributed by atoms with Crippen LogP contribution in [0, 0.1) is 6.92 Å². The molecule has 3 aromatic rings. The summed E-state index contributed by atoms with van der Waals surface area (Å²) in [6, 6.07) is 7.54. The molecular weight excluding hydrogens is 388 g/mol. The summed E-state index contributed by atoms with van der Waals surface area (Å²) in [7, 11) is 2.01. The van der Waals surface area contributed by atoms with Gasteiger partial charge in [0.05, 0.1) is 16.8 Å². The molecule has 1 N–H and O–H groups in total. The topological polar surface area (TPSA) is 84.4 Å². The number of hydrogen-bond donors (Lipinski definition) is 1. The zero-order chi connectivity index (χ0) is 20.5. The van der Waals surface area contributed by atoms with Crippen LogP contribution in [0.15, 0.2) is 29.6 Å². The van der Waals surface area contributed by atoms with Crippen molar-refractivity contribution in [3.8, 4) is 0 Å². The Morgan fingerprint density at radius 2 is 2.07 bits per heavy atom. The Morgan fingerprint density at radius 1 is 1.28 bits per heavy atom. The van der Waals surface area contributed by atoms with E-state index in [1.165, 1.54) is 11.3 Å². The summed E-state index contributed by atoms with van der Waals surface area (Å²) in [5.74, 6) is -0.912. The molecule has 8 heteroatoms. The molecule has 1 aromatic carbocycles. The maximum atomic E-state index is 13.1. The van der Waals surface area contributed by atoms with Gasteiger partial charge in [0.2, 0.25) is 0 Å². The number of fused-ring (bicyclic) bond motifs is 2. The zero-order valence-electron chi connectivity index (χ0n) is 16.6.